The molecule has 0 radical (unpaired) electrons. The molecule has 0 spiro atoms. The normalized spacial score (nSPS) is 15.2. The van der Waals surface area contributed by atoms with E-state index in [1.165, 1.54) is 16.4 Å². The van der Waals surface area contributed by atoms with Crippen molar-refractivity contribution >= 4 is 39.1 Å². The van der Waals surface area contributed by atoms with E-state index in [1.54, 1.807) is 22.6 Å². The molecule has 0 saturated carbocycles. The minimum Gasteiger partial charge on any atom is -0.336 e. The number of hydrogen-bond acceptors (Lipinski definition) is 4. The third kappa shape index (κ3) is 4.03. The molecule has 0 atom stereocenters. The van der Waals surface area contributed by atoms with Gasteiger partial charge in [0.2, 0.25) is 10.0 Å². The van der Waals surface area contributed by atoms with Crippen LogP contribution in [0.5, 0.6) is 0 Å². The summed E-state index contributed by atoms with van der Waals surface area (Å²) in [5.41, 5.74) is 2.80. The first-order valence-electron chi connectivity index (χ1n) is 10.1. The van der Waals surface area contributed by atoms with Crippen LogP contribution in [-0.2, 0) is 10.0 Å². The fourth-order valence-corrected chi connectivity index (χ4v) is 6.43. The topological polar surface area (TPSA) is 75.5 Å². The summed E-state index contributed by atoms with van der Waals surface area (Å²) in [6.45, 7) is 4.49. The largest absolute Gasteiger partial charge is 0.336 e. The van der Waals surface area contributed by atoms with Crippen molar-refractivity contribution in [1.82, 2.24) is 19.0 Å². The molecule has 0 N–H and O–H groups in total. The monoisotopic (exact) mass is 492 g/mol. The van der Waals surface area contributed by atoms with Crippen LogP contribution in [0.4, 0.5) is 0 Å². The van der Waals surface area contributed by atoms with E-state index in [0.717, 1.165) is 11.4 Å². The van der Waals surface area contributed by atoms with Gasteiger partial charge < -0.3 is 4.90 Å². The van der Waals surface area contributed by atoms with E-state index in [2.05, 4.69) is 5.10 Å². The lowest BCUT2D eigenvalue weighted by molar-refractivity contribution is 0.0696. The molecule has 32 heavy (non-hydrogen) atoms. The number of aryl methyl sites for hydroxylation is 1. The molecule has 1 aliphatic rings. The van der Waals surface area contributed by atoms with E-state index in [9.17, 15) is 13.2 Å². The SMILES string of the molecule is Cc1nn(-c2ccccc2)c(C)c1C(=O)N1CCN(S(=O)(=O)c2c(Cl)cccc2Cl)CC1. The van der Waals surface area contributed by atoms with Gasteiger partial charge in [0.15, 0.2) is 0 Å². The Balaban J connectivity index is 1.53. The third-order valence-electron chi connectivity index (χ3n) is 5.55. The summed E-state index contributed by atoms with van der Waals surface area (Å²) >= 11 is 12.2. The van der Waals surface area contributed by atoms with Gasteiger partial charge in [0.1, 0.15) is 4.90 Å². The molecule has 1 fully saturated rings. The van der Waals surface area contributed by atoms with Crippen molar-refractivity contribution in [2.45, 2.75) is 18.7 Å². The van der Waals surface area contributed by atoms with Crippen molar-refractivity contribution in [2.75, 3.05) is 26.2 Å². The van der Waals surface area contributed by atoms with E-state index in [-0.39, 0.29) is 47.0 Å². The Morgan fingerprint density at radius 2 is 1.50 bits per heavy atom. The van der Waals surface area contributed by atoms with Gasteiger partial charge in [-0.1, -0.05) is 47.5 Å². The Bertz CT molecular complexity index is 1250. The Morgan fingerprint density at radius 1 is 0.906 bits per heavy atom. The number of carbonyl (C=O) groups excluding carboxylic acids is 1. The van der Waals surface area contributed by atoms with Crippen LogP contribution in [0.1, 0.15) is 21.7 Å². The lowest BCUT2D eigenvalue weighted by Crippen LogP contribution is -2.50. The van der Waals surface area contributed by atoms with Crippen LogP contribution >= 0.6 is 23.2 Å². The molecule has 0 unspecified atom stereocenters. The number of hydrogen-bond donors (Lipinski definition) is 0. The van der Waals surface area contributed by atoms with Gasteiger partial charge in [-0.3, -0.25) is 4.79 Å². The van der Waals surface area contributed by atoms with E-state index in [1.807, 2.05) is 37.3 Å². The summed E-state index contributed by atoms with van der Waals surface area (Å²) in [5.74, 6) is -0.157. The second-order valence-corrected chi connectivity index (χ2v) is 10.2. The molecule has 4 rings (SSSR count). The van der Waals surface area contributed by atoms with Crippen molar-refractivity contribution in [3.05, 3.63) is 75.5 Å². The van der Waals surface area contributed by atoms with Gasteiger partial charge in [-0.05, 0) is 38.1 Å². The van der Waals surface area contributed by atoms with Crippen molar-refractivity contribution in [3.63, 3.8) is 0 Å². The van der Waals surface area contributed by atoms with Gasteiger partial charge in [-0.25, -0.2) is 13.1 Å². The predicted octanol–water partition coefficient (Wildman–Crippen LogP) is 3.94. The first kappa shape index (κ1) is 22.8. The summed E-state index contributed by atoms with van der Waals surface area (Å²) in [5, 5.41) is 4.70. The number of nitrogens with zero attached hydrogens (tertiary/aromatic N) is 4. The zero-order valence-electron chi connectivity index (χ0n) is 17.6. The Kier molecular flexibility index (Phi) is 6.31. The zero-order chi connectivity index (χ0) is 23.0. The van der Waals surface area contributed by atoms with Crippen LogP contribution in [-0.4, -0.2) is 59.5 Å². The summed E-state index contributed by atoms with van der Waals surface area (Å²) in [7, 11) is -3.87. The molecule has 10 heteroatoms. The van der Waals surface area contributed by atoms with Crippen molar-refractivity contribution in [3.8, 4) is 5.69 Å². The molecule has 1 aliphatic heterocycles. The minimum absolute atomic E-state index is 0.0792. The number of sulfonamides is 1. The van der Waals surface area contributed by atoms with E-state index in [4.69, 9.17) is 23.2 Å². The number of amides is 1. The predicted molar refractivity (Wildman–Crippen MR) is 124 cm³/mol. The number of benzene rings is 2. The third-order valence-corrected chi connectivity index (χ3v) is 8.40. The molecule has 0 bridgehead atoms. The van der Waals surface area contributed by atoms with E-state index >= 15 is 0 Å². The second-order valence-electron chi connectivity index (χ2n) is 7.54. The fraction of sp³-hybridized carbons (Fsp3) is 0.273. The maximum atomic E-state index is 13.3. The van der Waals surface area contributed by atoms with Crippen LogP contribution in [0.25, 0.3) is 5.69 Å². The van der Waals surface area contributed by atoms with E-state index < -0.39 is 10.0 Å². The summed E-state index contributed by atoms with van der Waals surface area (Å²) < 4.78 is 29.2. The van der Waals surface area contributed by atoms with Gasteiger partial charge in [0, 0.05) is 26.2 Å². The molecule has 1 saturated heterocycles. The van der Waals surface area contributed by atoms with Gasteiger partial charge >= 0.3 is 0 Å². The van der Waals surface area contributed by atoms with Crippen molar-refractivity contribution in [1.29, 1.82) is 0 Å². The molecule has 0 aliphatic carbocycles. The average Bonchev–Trinajstić information content (AvgIpc) is 3.07. The molecular formula is C22H22Cl2N4O3S. The van der Waals surface area contributed by atoms with Gasteiger partial charge in [-0.2, -0.15) is 9.40 Å². The van der Waals surface area contributed by atoms with Crippen LogP contribution < -0.4 is 0 Å². The number of halogens is 2. The quantitative estimate of drug-likeness (QED) is 0.552. The van der Waals surface area contributed by atoms with Crippen molar-refractivity contribution < 1.29 is 13.2 Å². The lowest BCUT2D eigenvalue weighted by atomic mass is 10.1. The highest BCUT2D eigenvalue weighted by Crippen LogP contribution is 2.32. The fourth-order valence-electron chi connectivity index (χ4n) is 3.92. The smallest absolute Gasteiger partial charge is 0.257 e. The Morgan fingerprint density at radius 3 is 2.09 bits per heavy atom. The number of para-hydroxylation sites is 1. The average molecular weight is 493 g/mol. The van der Waals surface area contributed by atoms with Crippen LogP contribution in [0.2, 0.25) is 10.0 Å². The first-order chi connectivity index (χ1) is 15.2. The number of rotatable bonds is 4. The van der Waals surface area contributed by atoms with Crippen molar-refractivity contribution in [2.24, 2.45) is 0 Å². The maximum absolute atomic E-state index is 13.3. The highest BCUT2D eigenvalue weighted by atomic mass is 35.5. The highest BCUT2D eigenvalue weighted by Gasteiger charge is 2.34. The molecule has 1 aromatic heterocycles. The zero-order valence-corrected chi connectivity index (χ0v) is 20.0. The summed E-state index contributed by atoms with van der Waals surface area (Å²) in [6.07, 6.45) is 0. The van der Waals surface area contributed by atoms with Gasteiger partial charge in [0.05, 0.1) is 32.7 Å². The molecule has 7 nitrogen and oxygen atoms in total. The maximum Gasteiger partial charge on any atom is 0.257 e. The minimum atomic E-state index is -3.87. The van der Waals surface area contributed by atoms with E-state index in [0.29, 0.717) is 11.3 Å². The Labute approximate surface area is 197 Å². The molecule has 1 amide bonds. The van der Waals surface area contributed by atoms with Crippen LogP contribution in [0, 0.1) is 13.8 Å². The summed E-state index contributed by atoms with van der Waals surface area (Å²) in [6, 6.07) is 14.2. The van der Waals surface area contributed by atoms with Crippen LogP contribution in [0.3, 0.4) is 0 Å². The second kappa shape index (κ2) is 8.86. The number of carbonyl (C=O) groups is 1. The Hall–Kier alpha value is -2.39. The lowest BCUT2D eigenvalue weighted by Gasteiger charge is -2.34. The standard InChI is InChI=1S/C22H22Cl2N4O3S/c1-15-20(16(2)28(25-15)17-7-4-3-5-8-17)22(29)26-11-13-27(14-12-26)32(30,31)21-18(23)9-6-10-19(21)24/h3-10H,11-14H2,1-2H3. The first-order valence-corrected chi connectivity index (χ1v) is 12.3. The summed E-state index contributed by atoms with van der Waals surface area (Å²) in [4.78, 5) is 14.8. The van der Waals surface area contributed by atoms with Gasteiger partial charge in [-0.15, -0.1) is 0 Å². The van der Waals surface area contributed by atoms with Gasteiger partial charge in [0.25, 0.3) is 5.91 Å². The number of aromatic nitrogens is 2. The molecular weight excluding hydrogens is 471 g/mol. The highest BCUT2D eigenvalue weighted by molar-refractivity contribution is 7.89. The molecule has 168 valence electrons. The molecule has 2 heterocycles. The number of piperazine rings is 1. The molecule has 2 aromatic carbocycles. The molecule has 3 aromatic rings. The van der Waals surface area contributed by atoms with Crippen LogP contribution in [0.15, 0.2) is 53.4 Å².